The van der Waals surface area contributed by atoms with Gasteiger partial charge in [0.05, 0.1) is 0 Å². The Labute approximate surface area is 90.4 Å². The second kappa shape index (κ2) is 5.92. The normalized spacial score (nSPS) is 23.5. The lowest BCUT2D eigenvalue weighted by Gasteiger charge is -2.30. The molecule has 1 rings (SSSR count). The molecule has 0 radical (unpaired) electrons. The molecule has 0 saturated carbocycles. The number of amides is 1. The van der Waals surface area contributed by atoms with E-state index in [4.69, 9.17) is 9.84 Å². The maximum Gasteiger partial charge on any atom is 0.422 e. The van der Waals surface area contributed by atoms with Crippen LogP contribution in [-0.4, -0.2) is 42.5 Å². The summed E-state index contributed by atoms with van der Waals surface area (Å²) in [6.07, 6.45) is 2.15. The van der Waals surface area contributed by atoms with Gasteiger partial charge in [-0.05, 0) is 32.1 Å². The Morgan fingerprint density at radius 2 is 2.47 bits per heavy atom. The number of rotatable bonds is 4. The van der Waals surface area contributed by atoms with E-state index in [9.17, 15) is 4.79 Å². The molecule has 15 heavy (non-hydrogen) atoms. The molecular weight excluding hydrogens is 196 g/mol. The lowest BCUT2D eigenvalue weighted by molar-refractivity contribution is 0.0339. The Bertz CT molecular complexity index is 205. The largest absolute Gasteiger partial charge is 0.464 e. The maximum absolute atomic E-state index is 10.8. The predicted octanol–water partition coefficient (Wildman–Crippen LogP) is 1.31. The minimum absolute atomic E-state index is 0.0146. The number of ether oxygens (including phenoxy) is 1. The van der Waals surface area contributed by atoms with Gasteiger partial charge in [-0.25, -0.2) is 15.2 Å². The summed E-state index contributed by atoms with van der Waals surface area (Å²) in [5.41, 5.74) is 2.68. The Balaban J connectivity index is 2.38. The summed E-state index contributed by atoms with van der Waals surface area (Å²) in [6, 6.07) is -0.0146. The summed E-state index contributed by atoms with van der Waals surface area (Å²) < 4.78 is 5.37. The maximum atomic E-state index is 10.8. The molecule has 0 aromatic carbocycles. The fourth-order valence-corrected chi connectivity index (χ4v) is 2.09. The van der Waals surface area contributed by atoms with E-state index in [-0.39, 0.29) is 6.04 Å². The Hall–Kier alpha value is -0.810. The molecule has 1 amide bonds. The molecule has 1 unspecified atom stereocenters. The van der Waals surface area contributed by atoms with Crippen LogP contribution >= 0.6 is 0 Å². The molecule has 0 aromatic heterocycles. The molecule has 1 aliphatic rings. The molecule has 0 spiro atoms. The van der Waals surface area contributed by atoms with Gasteiger partial charge in [-0.2, -0.15) is 0 Å². The van der Waals surface area contributed by atoms with E-state index >= 15 is 0 Å². The average Bonchev–Trinajstić information content (AvgIpc) is 2.19. The number of hydrogen-bond donors (Lipinski definition) is 2. The Kier molecular flexibility index (Phi) is 4.84. The second-order valence-electron chi connectivity index (χ2n) is 4.04. The van der Waals surface area contributed by atoms with Gasteiger partial charge in [0.1, 0.15) is 0 Å². The Morgan fingerprint density at radius 3 is 2.93 bits per heavy atom. The van der Waals surface area contributed by atoms with Crippen molar-refractivity contribution in [2.45, 2.75) is 32.2 Å². The Morgan fingerprint density at radius 1 is 1.73 bits per heavy atom. The van der Waals surface area contributed by atoms with Crippen LogP contribution < -0.4 is 5.43 Å². The van der Waals surface area contributed by atoms with E-state index in [1.165, 1.54) is 5.01 Å². The van der Waals surface area contributed by atoms with Crippen molar-refractivity contribution >= 4 is 6.09 Å². The van der Waals surface area contributed by atoms with Crippen LogP contribution in [0.5, 0.6) is 0 Å². The van der Waals surface area contributed by atoms with Crippen molar-refractivity contribution in [3.8, 4) is 0 Å². The second-order valence-corrected chi connectivity index (χ2v) is 4.04. The van der Waals surface area contributed by atoms with Gasteiger partial charge in [-0.1, -0.05) is 0 Å². The molecule has 0 aromatic rings. The quantitative estimate of drug-likeness (QED) is 0.695. The first-order chi connectivity index (χ1) is 7.15. The number of hydrogen-bond acceptors (Lipinski definition) is 3. The molecule has 1 heterocycles. The van der Waals surface area contributed by atoms with Crippen LogP contribution in [-0.2, 0) is 4.74 Å². The van der Waals surface area contributed by atoms with Gasteiger partial charge in [0.15, 0.2) is 0 Å². The van der Waals surface area contributed by atoms with Gasteiger partial charge in [-0.3, -0.25) is 0 Å². The summed E-state index contributed by atoms with van der Waals surface area (Å²) in [5, 5.41) is 10.1. The van der Waals surface area contributed by atoms with E-state index in [2.05, 4.69) is 5.43 Å². The zero-order chi connectivity index (χ0) is 11.3. The predicted molar refractivity (Wildman–Crippen MR) is 56.5 cm³/mol. The minimum atomic E-state index is -0.929. The molecule has 2 N–H and O–H groups in total. The number of carboxylic acid groups (broad SMARTS) is 1. The molecule has 88 valence electrons. The zero-order valence-corrected chi connectivity index (χ0v) is 9.40. The monoisotopic (exact) mass is 216 g/mol. The average molecular weight is 216 g/mol. The summed E-state index contributed by atoms with van der Waals surface area (Å²) >= 11 is 0. The van der Waals surface area contributed by atoms with Gasteiger partial charge in [0.2, 0.25) is 0 Å². The molecular formula is C10H20N2O3. The third-order valence-electron chi connectivity index (χ3n) is 2.82. The van der Waals surface area contributed by atoms with E-state index in [0.29, 0.717) is 5.92 Å². The summed E-state index contributed by atoms with van der Waals surface area (Å²) in [4.78, 5) is 10.8. The lowest BCUT2D eigenvalue weighted by atomic mass is 9.95. The van der Waals surface area contributed by atoms with Crippen LogP contribution in [0.1, 0.15) is 26.2 Å². The molecule has 1 aliphatic heterocycles. The lowest BCUT2D eigenvalue weighted by Crippen LogP contribution is -2.46. The van der Waals surface area contributed by atoms with Crippen LogP contribution in [0.15, 0.2) is 0 Å². The highest BCUT2D eigenvalue weighted by molar-refractivity contribution is 5.64. The fraction of sp³-hybridized carbons (Fsp3) is 0.900. The van der Waals surface area contributed by atoms with Gasteiger partial charge in [-0.15, -0.1) is 0 Å². The SMILES string of the molecule is CNN(C(=O)O)C(C)C[C@H]1CCCOC1. The van der Waals surface area contributed by atoms with Crippen molar-refractivity contribution in [2.75, 3.05) is 20.3 Å². The van der Waals surface area contributed by atoms with Crippen molar-refractivity contribution in [1.82, 2.24) is 10.4 Å². The van der Waals surface area contributed by atoms with Gasteiger partial charge < -0.3 is 9.84 Å². The summed E-state index contributed by atoms with van der Waals surface area (Å²) in [5.74, 6) is 0.490. The first-order valence-electron chi connectivity index (χ1n) is 5.42. The van der Waals surface area contributed by atoms with E-state index in [0.717, 1.165) is 32.5 Å². The molecule has 2 atom stereocenters. The highest BCUT2D eigenvalue weighted by Gasteiger charge is 2.23. The first-order valence-corrected chi connectivity index (χ1v) is 5.42. The van der Waals surface area contributed by atoms with Gasteiger partial charge in [0, 0.05) is 26.3 Å². The van der Waals surface area contributed by atoms with Gasteiger partial charge in [0.25, 0.3) is 0 Å². The molecule has 5 heteroatoms. The molecule has 1 saturated heterocycles. The van der Waals surface area contributed by atoms with Crippen molar-refractivity contribution < 1.29 is 14.6 Å². The number of hydrazine groups is 1. The van der Waals surface area contributed by atoms with E-state index < -0.39 is 6.09 Å². The van der Waals surface area contributed by atoms with E-state index in [1.54, 1.807) is 7.05 Å². The topological polar surface area (TPSA) is 61.8 Å². The molecule has 5 nitrogen and oxygen atoms in total. The summed E-state index contributed by atoms with van der Waals surface area (Å²) in [6.45, 7) is 3.53. The van der Waals surface area contributed by atoms with Crippen molar-refractivity contribution in [3.63, 3.8) is 0 Å². The van der Waals surface area contributed by atoms with Crippen LogP contribution in [0.4, 0.5) is 4.79 Å². The first kappa shape index (κ1) is 12.3. The minimum Gasteiger partial charge on any atom is -0.464 e. The highest BCUT2D eigenvalue weighted by Crippen LogP contribution is 2.20. The number of carbonyl (C=O) groups is 1. The van der Waals surface area contributed by atoms with Crippen molar-refractivity contribution in [1.29, 1.82) is 0 Å². The summed E-state index contributed by atoms with van der Waals surface area (Å²) in [7, 11) is 1.63. The van der Waals surface area contributed by atoms with E-state index in [1.807, 2.05) is 6.92 Å². The van der Waals surface area contributed by atoms with Crippen LogP contribution in [0, 0.1) is 5.92 Å². The molecule has 1 fully saturated rings. The number of nitrogens with zero attached hydrogens (tertiary/aromatic N) is 1. The van der Waals surface area contributed by atoms with Crippen LogP contribution in [0.25, 0.3) is 0 Å². The molecule has 0 bridgehead atoms. The highest BCUT2D eigenvalue weighted by atomic mass is 16.5. The smallest absolute Gasteiger partial charge is 0.422 e. The third kappa shape index (κ3) is 3.68. The standard InChI is InChI=1S/C10H20N2O3/c1-8(12(11-2)10(13)14)6-9-4-3-5-15-7-9/h8-9,11H,3-7H2,1-2H3,(H,13,14)/t8?,9-/m1/s1. The van der Waals surface area contributed by atoms with Crippen molar-refractivity contribution in [3.05, 3.63) is 0 Å². The fourth-order valence-electron chi connectivity index (χ4n) is 2.09. The number of nitrogens with one attached hydrogen (secondary N) is 1. The van der Waals surface area contributed by atoms with Crippen LogP contribution in [0.2, 0.25) is 0 Å². The third-order valence-corrected chi connectivity index (χ3v) is 2.82. The molecule has 0 aliphatic carbocycles. The van der Waals surface area contributed by atoms with Gasteiger partial charge >= 0.3 is 6.09 Å². The van der Waals surface area contributed by atoms with Crippen LogP contribution in [0.3, 0.4) is 0 Å². The zero-order valence-electron chi connectivity index (χ0n) is 9.40. The van der Waals surface area contributed by atoms with Crippen molar-refractivity contribution in [2.24, 2.45) is 5.92 Å².